The molecule has 0 aliphatic rings. The van der Waals surface area contributed by atoms with Gasteiger partial charge in [0.05, 0.1) is 13.2 Å². The molecule has 0 fully saturated rings. The molecule has 1 amide bonds. The maximum Gasteiger partial charge on any atom is 0.472 e. The number of esters is 1. The molecule has 11 nitrogen and oxygen atoms in total. The normalized spacial score (nSPS) is 14.2. The van der Waals surface area contributed by atoms with E-state index in [4.69, 9.17) is 13.8 Å². The highest BCUT2D eigenvalue weighted by Crippen LogP contribution is 2.43. The molecule has 12 heteroatoms. The zero-order chi connectivity index (χ0) is 47.7. The van der Waals surface area contributed by atoms with E-state index in [1.165, 1.54) is 77.0 Å². The van der Waals surface area contributed by atoms with E-state index in [2.05, 4.69) is 92.1 Å². The third kappa shape index (κ3) is 47.2. The number of rotatable bonds is 47. The van der Waals surface area contributed by atoms with E-state index in [0.29, 0.717) is 12.8 Å². The quantitative estimate of drug-likeness (QED) is 0.0199. The van der Waals surface area contributed by atoms with Crippen LogP contribution in [-0.2, 0) is 32.7 Å². The molecule has 374 valence electrons. The van der Waals surface area contributed by atoms with Crippen molar-refractivity contribution in [2.24, 2.45) is 0 Å². The number of nitrogens with one attached hydrogen (secondary N) is 1. The van der Waals surface area contributed by atoms with E-state index in [1.54, 1.807) is 0 Å². The first-order valence-corrected chi connectivity index (χ1v) is 27.0. The van der Waals surface area contributed by atoms with E-state index < -0.39 is 57.6 Å². The molecule has 3 atom stereocenters. The van der Waals surface area contributed by atoms with Gasteiger partial charge in [-0.25, -0.2) is 9.36 Å². The highest BCUT2D eigenvalue weighted by atomic mass is 31.2. The lowest BCUT2D eigenvalue weighted by Gasteiger charge is -2.18. The van der Waals surface area contributed by atoms with Gasteiger partial charge in [-0.2, -0.15) is 0 Å². The number of unbranched alkanes of at least 4 members (excludes halogenated alkanes) is 21. The average Bonchev–Trinajstić information content (AvgIpc) is 3.28. The van der Waals surface area contributed by atoms with E-state index >= 15 is 0 Å². The van der Waals surface area contributed by atoms with Crippen molar-refractivity contribution in [3.8, 4) is 0 Å². The second-order valence-corrected chi connectivity index (χ2v) is 18.4. The first-order valence-electron chi connectivity index (χ1n) is 25.5. The molecule has 0 radical (unpaired) electrons. The van der Waals surface area contributed by atoms with E-state index in [-0.39, 0.29) is 12.8 Å². The minimum atomic E-state index is -4.77. The van der Waals surface area contributed by atoms with Gasteiger partial charge >= 0.3 is 19.8 Å². The number of carboxylic acids is 1. The Hall–Kier alpha value is -3.08. The van der Waals surface area contributed by atoms with Crippen LogP contribution in [0.5, 0.6) is 0 Å². The molecular formula is C53H92NO10P. The van der Waals surface area contributed by atoms with Gasteiger partial charge in [0.1, 0.15) is 12.7 Å². The van der Waals surface area contributed by atoms with Gasteiger partial charge in [0.15, 0.2) is 6.04 Å². The Bertz CT molecular complexity index is 1370. The summed E-state index contributed by atoms with van der Waals surface area (Å²) in [5.41, 5.74) is 0. The number of aliphatic hydroxyl groups excluding tert-OH is 1. The monoisotopic (exact) mass is 934 g/mol. The molecule has 0 saturated heterocycles. The Morgan fingerprint density at radius 2 is 0.892 bits per heavy atom. The lowest BCUT2D eigenvalue weighted by atomic mass is 10.1. The highest BCUT2D eigenvalue weighted by Gasteiger charge is 2.28. The molecule has 0 bridgehead atoms. The number of hydrogen-bond acceptors (Lipinski definition) is 8. The van der Waals surface area contributed by atoms with E-state index in [0.717, 1.165) is 96.3 Å². The van der Waals surface area contributed by atoms with Crippen molar-refractivity contribution in [2.45, 2.75) is 225 Å². The van der Waals surface area contributed by atoms with Gasteiger partial charge in [-0.15, -0.1) is 0 Å². The lowest BCUT2D eigenvalue weighted by Crippen LogP contribution is -2.43. The number of ether oxygens (including phenoxy) is 1. The van der Waals surface area contributed by atoms with Gasteiger partial charge < -0.3 is 25.2 Å². The SMILES string of the molecule is CC/C=C\C/C=C\C/C=C\C/C=C\C/C=C\CCCCCCCCCC(=O)OCC(O)COP(=O)(O)OCC(NC(=O)CCCCCCCCC/C=C\CCCCCCCCC)C(=O)O. The maximum absolute atomic E-state index is 12.4. The third-order valence-corrected chi connectivity index (χ3v) is 11.7. The van der Waals surface area contributed by atoms with Gasteiger partial charge in [0.2, 0.25) is 5.91 Å². The number of allylic oxidation sites excluding steroid dienone is 12. The van der Waals surface area contributed by atoms with Gasteiger partial charge in [-0.05, 0) is 83.5 Å². The van der Waals surface area contributed by atoms with Crippen LogP contribution in [0.25, 0.3) is 0 Å². The summed E-state index contributed by atoms with van der Waals surface area (Å²) in [5.74, 6) is -2.39. The number of aliphatic hydroxyl groups is 1. The Kier molecular flexibility index (Phi) is 45.2. The van der Waals surface area contributed by atoms with Crippen molar-refractivity contribution in [3.05, 3.63) is 72.9 Å². The fraction of sp³-hybridized carbons (Fsp3) is 0.717. The molecule has 0 spiro atoms. The fourth-order valence-corrected chi connectivity index (χ4v) is 7.58. The molecule has 0 aliphatic heterocycles. The highest BCUT2D eigenvalue weighted by molar-refractivity contribution is 7.47. The summed E-state index contributed by atoms with van der Waals surface area (Å²) in [5, 5.41) is 21.9. The molecule has 0 rings (SSSR count). The van der Waals surface area contributed by atoms with Crippen molar-refractivity contribution in [1.82, 2.24) is 5.32 Å². The number of phosphoric ester groups is 1. The number of amides is 1. The van der Waals surface area contributed by atoms with E-state index in [9.17, 15) is 34.1 Å². The number of carboxylic acid groups (broad SMARTS) is 1. The minimum Gasteiger partial charge on any atom is -0.480 e. The van der Waals surface area contributed by atoms with Gasteiger partial charge in [-0.1, -0.05) is 189 Å². The second kappa shape index (κ2) is 47.4. The van der Waals surface area contributed by atoms with Crippen molar-refractivity contribution in [3.63, 3.8) is 0 Å². The topological polar surface area (TPSA) is 169 Å². The largest absolute Gasteiger partial charge is 0.480 e. The molecule has 3 unspecified atom stereocenters. The van der Waals surface area contributed by atoms with Crippen molar-refractivity contribution >= 4 is 25.7 Å². The van der Waals surface area contributed by atoms with Crippen LogP contribution < -0.4 is 5.32 Å². The number of phosphoric acid groups is 1. The van der Waals surface area contributed by atoms with Crippen LogP contribution in [0.2, 0.25) is 0 Å². The predicted octanol–water partition coefficient (Wildman–Crippen LogP) is 14.1. The Morgan fingerprint density at radius 1 is 0.508 bits per heavy atom. The number of carbonyl (C=O) groups is 3. The molecule has 0 aliphatic carbocycles. The zero-order valence-electron chi connectivity index (χ0n) is 40.8. The van der Waals surface area contributed by atoms with Crippen molar-refractivity contribution in [1.29, 1.82) is 0 Å². The number of aliphatic carboxylic acids is 1. The summed E-state index contributed by atoms with van der Waals surface area (Å²) in [6.07, 6.45) is 57.7. The first kappa shape index (κ1) is 61.9. The van der Waals surface area contributed by atoms with Crippen LogP contribution in [0.4, 0.5) is 0 Å². The zero-order valence-corrected chi connectivity index (χ0v) is 41.7. The minimum absolute atomic E-state index is 0.138. The van der Waals surface area contributed by atoms with Crippen molar-refractivity contribution in [2.75, 3.05) is 19.8 Å². The third-order valence-electron chi connectivity index (χ3n) is 10.7. The number of hydrogen-bond donors (Lipinski definition) is 4. The molecular weight excluding hydrogens is 842 g/mol. The van der Waals surface area contributed by atoms with Gasteiger partial charge in [-0.3, -0.25) is 18.6 Å². The van der Waals surface area contributed by atoms with Crippen molar-refractivity contribution < 1.29 is 47.8 Å². The molecule has 0 aromatic heterocycles. The van der Waals surface area contributed by atoms with Crippen LogP contribution >= 0.6 is 7.82 Å². The second-order valence-electron chi connectivity index (χ2n) is 17.0. The molecule has 0 heterocycles. The fourth-order valence-electron chi connectivity index (χ4n) is 6.81. The molecule has 0 aromatic carbocycles. The summed E-state index contributed by atoms with van der Waals surface area (Å²) >= 11 is 0. The average molecular weight is 934 g/mol. The molecule has 4 N–H and O–H groups in total. The van der Waals surface area contributed by atoms with Crippen LogP contribution in [0, 0.1) is 0 Å². The van der Waals surface area contributed by atoms with Gasteiger partial charge in [0, 0.05) is 12.8 Å². The van der Waals surface area contributed by atoms with Gasteiger partial charge in [0.25, 0.3) is 0 Å². The summed E-state index contributed by atoms with van der Waals surface area (Å²) in [7, 11) is -4.77. The summed E-state index contributed by atoms with van der Waals surface area (Å²) in [6, 6.07) is -1.55. The number of carbonyl (C=O) groups excluding carboxylic acids is 2. The Labute approximate surface area is 395 Å². The van der Waals surface area contributed by atoms with Crippen LogP contribution in [-0.4, -0.2) is 64.9 Å². The molecule has 65 heavy (non-hydrogen) atoms. The molecule has 0 saturated carbocycles. The standard InChI is InChI=1S/C53H92NO10P/c1-3-5-7-9-11-13-15-17-19-21-23-24-25-26-27-29-31-33-35-37-39-41-43-45-52(57)62-46-49(55)47-63-65(60,61)64-48-50(53(58)59)54-51(56)44-42-40-38-36-34-32-30-28-22-20-18-16-14-12-10-8-6-4-2/h5,7,11,13,17,19-20,22-24,26-27,49-50,55H,3-4,6,8-10,12,14-16,18,21,25,28-48H2,1-2H3,(H,54,56)(H,58,59)(H,60,61)/b7-5-,13-11-,19-17-,22-20-,24-23-,27-26-. The smallest absolute Gasteiger partial charge is 0.472 e. The maximum atomic E-state index is 12.4. The predicted molar refractivity (Wildman–Crippen MR) is 268 cm³/mol. The first-order chi connectivity index (χ1) is 31.6. The Morgan fingerprint density at radius 3 is 1.35 bits per heavy atom. The van der Waals surface area contributed by atoms with Crippen LogP contribution in [0.15, 0.2) is 72.9 Å². The summed E-state index contributed by atoms with van der Waals surface area (Å²) in [4.78, 5) is 46.1. The summed E-state index contributed by atoms with van der Waals surface area (Å²) < 4.78 is 26.9. The van der Waals surface area contributed by atoms with Crippen LogP contribution in [0.1, 0.15) is 213 Å². The molecule has 0 aromatic rings. The summed E-state index contributed by atoms with van der Waals surface area (Å²) in [6.45, 7) is 2.48. The lowest BCUT2D eigenvalue weighted by molar-refractivity contribution is -0.147. The Balaban J connectivity index is 3.86. The van der Waals surface area contributed by atoms with E-state index in [1.807, 2.05) is 0 Å². The van der Waals surface area contributed by atoms with Crippen LogP contribution in [0.3, 0.4) is 0 Å².